The number of hydrogen-bond acceptors (Lipinski definition) is 4. The summed E-state index contributed by atoms with van der Waals surface area (Å²) in [6.07, 6.45) is 8.74. The molecule has 3 N–H and O–H groups in total. The normalized spacial score (nSPS) is 52.6. The van der Waals surface area contributed by atoms with Crippen molar-refractivity contribution >= 4 is 5.78 Å². The Balaban J connectivity index is 1.51. The van der Waals surface area contributed by atoms with Crippen molar-refractivity contribution in [3.05, 3.63) is 11.6 Å². The summed E-state index contributed by atoms with van der Waals surface area (Å²) in [5, 5.41) is 33.6. The smallest absolute Gasteiger partial charge is 0.138 e. The van der Waals surface area contributed by atoms with E-state index in [2.05, 4.69) is 40.7 Å². The summed E-state index contributed by atoms with van der Waals surface area (Å²) in [5.41, 5.74) is 0.338. The first-order valence-electron chi connectivity index (χ1n) is 13.9. The van der Waals surface area contributed by atoms with Crippen LogP contribution in [-0.2, 0) is 4.79 Å². The highest BCUT2D eigenvalue weighted by Crippen LogP contribution is 2.73. The van der Waals surface area contributed by atoms with Crippen LogP contribution in [0.25, 0.3) is 0 Å². The molecule has 10 atom stereocenters. The number of carbonyl (C=O) groups is 1. The molecular formula is C30H48O4. The first-order chi connectivity index (χ1) is 15.6. The Morgan fingerprint density at radius 2 is 1.68 bits per heavy atom. The van der Waals surface area contributed by atoms with E-state index in [1.165, 1.54) is 0 Å². The van der Waals surface area contributed by atoms with Gasteiger partial charge < -0.3 is 15.3 Å². The lowest BCUT2D eigenvalue weighted by Gasteiger charge is -2.63. The van der Waals surface area contributed by atoms with Crippen molar-refractivity contribution in [2.24, 2.45) is 51.2 Å². The molecule has 0 amide bonds. The Morgan fingerprint density at radius 1 is 1.00 bits per heavy atom. The predicted octanol–water partition coefficient (Wildman–Crippen LogP) is 5.29. The Bertz CT molecular complexity index is 898. The molecule has 0 saturated heterocycles. The Morgan fingerprint density at radius 3 is 2.29 bits per heavy atom. The number of rotatable bonds is 2. The number of fused-ring (bicyclic) bond motifs is 5. The quantitative estimate of drug-likeness (QED) is 0.477. The van der Waals surface area contributed by atoms with E-state index < -0.39 is 17.8 Å². The van der Waals surface area contributed by atoms with Gasteiger partial charge in [-0.25, -0.2) is 0 Å². The van der Waals surface area contributed by atoms with E-state index in [4.69, 9.17) is 0 Å². The van der Waals surface area contributed by atoms with Crippen LogP contribution in [0.1, 0.15) is 99.8 Å². The summed E-state index contributed by atoms with van der Waals surface area (Å²) >= 11 is 0. The van der Waals surface area contributed by atoms with Crippen LogP contribution in [0, 0.1) is 51.2 Å². The van der Waals surface area contributed by atoms with Crippen molar-refractivity contribution in [1.29, 1.82) is 0 Å². The minimum atomic E-state index is -0.902. The van der Waals surface area contributed by atoms with Crippen LogP contribution in [-0.4, -0.2) is 38.9 Å². The zero-order valence-electron chi connectivity index (χ0n) is 22.5. The molecule has 0 unspecified atom stereocenters. The molecule has 0 aliphatic heterocycles. The number of Topliss-reactive ketones (excluding diaryl/α,β-unsaturated/α-hetero) is 1. The standard InChI is InChI=1S/C30H48O4/c1-26(2)22-11-10-19-18(28(22,5)14-13-23(26)32)12-15-29(6)24(21(31)16-30(19,29)7)17-8-9-20(25(17)33)27(3,4)34/h10,17-18,20-22,24-25,31,33-34H,8-9,11-16H2,1-7H3/t17-,18+,20-,21+,22+,24-,25-,28-,29+,30-/m1/s1. The maximum absolute atomic E-state index is 12.8. The molecule has 5 rings (SSSR count). The minimum Gasteiger partial charge on any atom is -0.393 e. The Hall–Kier alpha value is -0.710. The number of carbonyl (C=O) groups excluding carboxylic acids is 1. The summed E-state index contributed by atoms with van der Waals surface area (Å²) in [4.78, 5) is 12.8. The Kier molecular flexibility index (Phi) is 5.44. The van der Waals surface area contributed by atoms with Crippen LogP contribution in [0.2, 0.25) is 0 Å². The van der Waals surface area contributed by atoms with E-state index in [9.17, 15) is 20.1 Å². The summed E-state index contributed by atoms with van der Waals surface area (Å²) in [7, 11) is 0. The monoisotopic (exact) mass is 472 g/mol. The van der Waals surface area contributed by atoms with Crippen molar-refractivity contribution in [2.75, 3.05) is 0 Å². The maximum atomic E-state index is 12.8. The lowest BCUT2D eigenvalue weighted by Crippen LogP contribution is -2.57. The molecule has 0 aromatic carbocycles. The molecule has 192 valence electrons. The van der Waals surface area contributed by atoms with Gasteiger partial charge in [0.25, 0.3) is 0 Å². The second-order valence-corrected chi connectivity index (χ2v) is 14.7. The van der Waals surface area contributed by atoms with Gasteiger partial charge in [-0.1, -0.05) is 46.3 Å². The molecule has 0 aromatic heterocycles. The second-order valence-electron chi connectivity index (χ2n) is 14.7. The fourth-order valence-electron chi connectivity index (χ4n) is 10.6. The van der Waals surface area contributed by atoms with Crippen molar-refractivity contribution in [3.8, 4) is 0 Å². The molecule has 4 nitrogen and oxygen atoms in total. The molecule has 0 bridgehead atoms. The van der Waals surface area contributed by atoms with Crippen molar-refractivity contribution in [1.82, 2.24) is 0 Å². The van der Waals surface area contributed by atoms with Gasteiger partial charge in [-0.05, 0) is 98.7 Å². The molecule has 0 heterocycles. The predicted molar refractivity (Wildman–Crippen MR) is 134 cm³/mol. The molecule has 4 heteroatoms. The van der Waals surface area contributed by atoms with E-state index in [1.807, 2.05) is 13.8 Å². The van der Waals surface area contributed by atoms with Gasteiger partial charge in [-0.15, -0.1) is 0 Å². The van der Waals surface area contributed by atoms with Gasteiger partial charge in [-0.2, -0.15) is 0 Å². The van der Waals surface area contributed by atoms with E-state index in [0.29, 0.717) is 24.0 Å². The molecule has 0 radical (unpaired) electrons. The lowest BCUT2D eigenvalue weighted by atomic mass is 9.41. The molecule has 4 fully saturated rings. The number of ketones is 1. The van der Waals surface area contributed by atoms with E-state index in [1.54, 1.807) is 5.57 Å². The Labute approximate surface area is 206 Å². The first-order valence-corrected chi connectivity index (χ1v) is 13.9. The van der Waals surface area contributed by atoms with Crippen molar-refractivity contribution < 1.29 is 20.1 Å². The van der Waals surface area contributed by atoms with Gasteiger partial charge in [0.05, 0.1) is 17.8 Å². The molecule has 0 spiro atoms. The number of allylic oxidation sites excluding steroid dienone is 2. The number of aliphatic hydroxyl groups excluding tert-OH is 2. The molecule has 0 aromatic rings. The van der Waals surface area contributed by atoms with Crippen molar-refractivity contribution in [2.45, 2.75) is 118 Å². The minimum absolute atomic E-state index is 0.0357. The van der Waals surface area contributed by atoms with Gasteiger partial charge in [0.1, 0.15) is 5.78 Å². The third-order valence-electron chi connectivity index (χ3n) is 12.7. The average molecular weight is 473 g/mol. The van der Waals surface area contributed by atoms with Gasteiger partial charge in [0, 0.05) is 17.8 Å². The fraction of sp³-hybridized carbons (Fsp3) is 0.900. The number of hydrogen-bond donors (Lipinski definition) is 3. The van der Waals surface area contributed by atoms with Gasteiger partial charge >= 0.3 is 0 Å². The summed E-state index contributed by atoms with van der Waals surface area (Å²) in [6.45, 7) is 15.2. The molecule has 4 saturated carbocycles. The van der Waals surface area contributed by atoms with E-state index in [0.717, 1.165) is 44.9 Å². The summed E-state index contributed by atoms with van der Waals surface area (Å²) in [5.74, 6) is 1.23. The molecular weight excluding hydrogens is 424 g/mol. The fourth-order valence-corrected chi connectivity index (χ4v) is 10.6. The van der Waals surface area contributed by atoms with Crippen LogP contribution in [0.5, 0.6) is 0 Å². The summed E-state index contributed by atoms with van der Waals surface area (Å²) in [6, 6.07) is 0. The maximum Gasteiger partial charge on any atom is 0.138 e. The summed E-state index contributed by atoms with van der Waals surface area (Å²) < 4.78 is 0. The van der Waals surface area contributed by atoms with Gasteiger partial charge in [-0.3, -0.25) is 4.79 Å². The topological polar surface area (TPSA) is 77.8 Å². The van der Waals surface area contributed by atoms with Crippen LogP contribution >= 0.6 is 0 Å². The SMILES string of the molecule is CC(C)(O)[C@@H]1CC[C@H]([C@@H]2[C@@H](O)C[C@]3(C)C4=CC[C@H]5C(C)(C)C(=O)CC[C@]5(C)[C@H]4CC[C@@]23C)[C@H]1O. The third kappa shape index (κ3) is 3.03. The largest absolute Gasteiger partial charge is 0.393 e. The number of aliphatic hydroxyl groups is 3. The molecule has 5 aliphatic rings. The van der Waals surface area contributed by atoms with Crippen LogP contribution in [0.3, 0.4) is 0 Å². The zero-order valence-corrected chi connectivity index (χ0v) is 22.5. The highest BCUT2D eigenvalue weighted by Gasteiger charge is 2.68. The van der Waals surface area contributed by atoms with E-state index in [-0.39, 0.29) is 39.4 Å². The van der Waals surface area contributed by atoms with Crippen LogP contribution in [0.4, 0.5) is 0 Å². The lowest BCUT2D eigenvalue weighted by molar-refractivity contribution is -0.146. The van der Waals surface area contributed by atoms with Gasteiger partial charge in [0.2, 0.25) is 0 Å². The zero-order chi connectivity index (χ0) is 25.1. The average Bonchev–Trinajstić information content (AvgIpc) is 3.19. The molecule has 5 aliphatic carbocycles. The van der Waals surface area contributed by atoms with Crippen LogP contribution < -0.4 is 0 Å². The highest BCUT2D eigenvalue weighted by molar-refractivity contribution is 5.85. The second kappa shape index (κ2) is 7.42. The molecule has 34 heavy (non-hydrogen) atoms. The van der Waals surface area contributed by atoms with Crippen molar-refractivity contribution in [3.63, 3.8) is 0 Å². The highest BCUT2D eigenvalue weighted by atomic mass is 16.3. The third-order valence-corrected chi connectivity index (χ3v) is 12.7. The first kappa shape index (κ1) is 25.0. The van der Waals surface area contributed by atoms with E-state index >= 15 is 0 Å². The van der Waals surface area contributed by atoms with Crippen LogP contribution in [0.15, 0.2) is 11.6 Å². The van der Waals surface area contributed by atoms with Gasteiger partial charge in [0.15, 0.2) is 0 Å².